The molecule has 1 aromatic rings. The fraction of sp³-hybridized carbons (Fsp3) is 0.647. The molecule has 0 radical (unpaired) electrons. The van der Waals surface area contributed by atoms with Crippen LogP contribution in [-0.2, 0) is 0 Å². The minimum Gasteiger partial charge on any atom is -0.493 e. The standard InChI is InChI=1S/C17H24ClNO2/c1-20-16-10-13(18)9-15(12-5-4-8-19-11-12)17(16)21-14-6-2-3-7-14/h9-10,12,14,19H,2-8,11H2,1H3. The van der Waals surface area contributed by atoms with E-state index in [1.165, 1.54) is 31.2 Å². The zero-order valence-corrected chi connectivity index (χ0v) is 13.4. The van der Waals surface area contributed by atoms with Gasteiger partial charge in [0.15, 0.2) is 11.5 Å². The minimum absolute atomic E-state index is 0.329. The number of benzene rings is 1. The van der Waals surface area contributed by atoms with E-state index in [4.69, 9.17) is 21.1 Å². The zero-order chi connectivity index (χ0) is 14.7. The highest BCUT2D eigenvalue weighted by Gasteiger charge is 2.26. The molecule has 1 aromatic carbocycles. The van der Waals surface area contributed by atoms with E-state index in [-0.39, 0.29) is 0 Å². The van der Waals surface area contributed by atoms with E-state index < -0.39 is 0 Å². The Morgan fingerprint density at radius 2 is 1.95 bits per heavy atom. The molecule has 2 fully saturated rings. The van der Waals surface area contributed by atoms with E-state index in [1.54, 1.807) is 7.11 Å². The average Bonchev–Trinajstić information content (AvgIpc) is 3.02. The van der Waals surface area contributed by atoms with E-state index in [0.29, 0.717) is 12.0 Å². The van der Waals surface area contributed by atoms with Crippen molar-refractivity contribution in [1.29, 1.82) is 0 Å². The van der Waals surface area contributed by atoms with Gasteiger partial charge in [0.05, 0.1) is 13.2 Å². The largest absolute Gasteiger partial charge is 0.493 e. The van der Waals surface area contributed by atoms with Crippen LogP contribution < -0.4 is 14.8 Å². The first-order valence-electron chi connectivity index (χ1n) is 8.02. The molecule has 1 saturated carbocycles. The van der Waals surface area contributed by atoms with Crippen molar-refractivity contribution in [2.75, 3.05) is 20.2 Å². The summed E-state index contributed by atoms with van der Waals surface area (Å²) in [7, 11) is 1.69. The van der Waals surface area contributed by atoms with E-state index in [2.05, 4.69) is 11.4 Å². The molecule has 3 rings (SSSR count). The summed E-state index contributed by atoms with van der Waals surface area (Å²) in [6.45, 7) is 2.09. The molecule has 0 spiro atoms. The summed E-state index contributed by atoms with van der Waals surface area (Å²) in [6.07, 6.45) is 7.53. The number of piperidine rings is 1. The highest BCUT2D eigenvalue weighted by Crippen LogP contribution is 2.42. The molecular weight excluding hydrogens is 286 g/mol. The molecule has 1 aliphatic carbocycles. The van der Waals surface area contributed by atoms with Gasteiger partial charge in [-0.3, -0.25) is 0 Å². The van der Waals surface area contributed by atoms with Gasteiger partial charge in [0.2, 0.25) is 0 Å². The fourth-order valence-corrected chi connectivity index (χ4v) is 3.68. The lowest BCUT2D eigenvalue weighted by molar-refractivity contribution is 0.197. The Balaban J connectivity index is 1.92. The second-order valence-corrected chi connectivity index (χ2v) is 6.53. The van der Waals surface area contributed by atoms with Gasteiger partial charge in [0.25, 0.3) is 0 Å². The molecular formula is C17H24ClNO2. The van der Waals surface area contributed by atoms with Gasteiger partial charge in [0, 0.05) is 29.1 Å². The molecule has 116 valence electrons. The Morgan fingerprint density at radius 1 is 1.14 bits per heavy atom. The van der Waals surface area contributed by atoms with Crippen molar-refractivity contribution in [3.63, 3.8) is 0 Å². The third-order valence-corrected chi connectivity index (χ3v) is 4.81. The summed E-state index contributed by atoms with van der Waals surface area (Å²) in [6, 6.07) is 3.93. The van der Waals surface area contributed by atoms with E-state index in [9.17, 15) is 0 Å². The van der Waals surface area contributed by atoms with Crippen molar-refractivity contribution in [2.45, 2.75) is 50.5 Å². The van der Waals surface area contributed by atoms with E-state index in [0.717, 1.165) is 42.5 Å². The van der Waals surface area contributed by atoms with Gasteiger partial charge in [0.1, 0.15) is 0 Å². The van der Waals surface area contributed by atoms with Crippen LogP contribution in [0.15, 0.2) is 12.1 Å². The predicted molar refractivity (Wildman–Crippen MR) is 85.7 cm³/mol. The molecule has 0 bridgehead atoms. The highest BCUT2D eigenvalue weighted by molar-refractivity contribution is 6.30. The van der Waals surface area contributed by atoms with E-state index >= 15 is 0 Å². The summed E-state index contributed by atoms with van der Waals surface area (Å²) in [5.74, 6) is 2.15. The molecule has 1 atom stereocenters. The monoisotopic (exact) mass is 309 g/mol. The van der Waals surface area contributed by atoms with Crippen LogP contribution in [0, 0.1) is 0 Å². The number of methoxy groups -OCH3 is 1. The second-order valence-electron chi connectivity index (χ2n) is 6.09. The van der Waals surface area contributed by atoms with Crippen LogP contribution in [0.2, 0.25) is 5.02 Å². The first-order chi connectivity index (χ1) is 10.3. The Kier molecular flexibility index (Phi) is 4.91. The maximum absolute atomic E-state index is 6.33. The molecule has 1 aliphatic heterocycles. The third-order valence-electron chi connectivity index (χ3n) is 4.59. The van der Waals surface area contributed by atoms with Crippen molar-refractivity contribution in [2.24, 2.45) is 0 Å². The summed E-state index contributed by atoms with van der Waals surface area (Å²) >= 11 is 6.28. The highest BCUT2D eigenvalue weighted by atomic mass is 35.5. The summed E-state index contributed by atoms with van der Waals surface area (Å²) in [5, 5.41) is 4.20. The van der Waals surface area contributed by atoms with Crippen molar-refractivity contribution in [3.8, 4) is 11.5 Å². The topological polar surface area (TPSA) is 30.5 Å². The predicted octanol–water partition coefficient (Wildman–Crippen LogP) is 4.14. The zero-order valence-electron chi connectivity index (χ0n) is 12.7. The lowest BCUT2D eigenvalue weighted by atomic mass is 9.90. The molecule has 1 N–H and O–H groups in total. The summed E-state index contributed by atoms with van der Waals surface area (Å²) < 4.78 is 11.9. The van der Waals surface area contributed by atoms with Crippen molar-refractivity contribution in [3.05, 3.63) is 22.7 Å². The average molecular weight is 310 g/mol. The Hall–Kier alpha value is -0.930. The molecule has 0 amide bonds. The maximum atomic E-state index is 6.33. The minimum atomic E-state index is 0.329. The summed E-state index contributed by atoms with van der Waals surface area (Å²) in [5.41, 5.74) is 1.21. The molecule has 21 heavy (non-hydrogen) atoms. The molecule has 0 aromatic heterocycles. The first kappa shape index (κ1) is 15.0. The normalized spacial score (nSPS) is 23.2. The fourth-order valence-electron chi connectivity index (χ4n) is 3.46. The van der Waals surface area contributed by atoms with Crippen LogP contribution in [0.4, 0.5) is 0 Å². The summed E-state index contributed by atoms with van der Waals surface area (Å²) in [4.78, 5) is 0. The Labute approximate surface area is 132 Å². The van der Waals surface area contributed by atoms with Crippen LogP contribution in [0.1, 0.15) is 50.0 Å². The number of rotatable bonds is 4. The quantitative estimate of drug-likeness (QED) is 0.907. The maximum Gasteiger partial charge on any atom is 0.165 e. The third kappa shape index (κ3) is 3.46. The van der Waals surface area contributed by atoms with Crippen LogP contribution in [-0.4, -0.2) is 26.3 Å². The van der Waals surface area contributed by atoms with E-state index in [1.807, 2.05) is 6.07 Å². The molecule has 3 nitrogen and oxygen atoms in total. The van der Waals surface area contributed by atoms with Gasteiger partial charge in [-0.05, 0) is 51.1 Å². The molecule has 2 aliphatic rings. The van der Waals surface area contributed by atoms with Crippen molar-refractivity contribution < 1.29 is 9.47 Å². The van der Waals surface area contributed by atoms with Crippen LogP contribution in [0.3, 0.4) is 0 Å². The lowest BCUT2D eigenvalue weighted by Crippen LogP contribution is -2.29. The number of hydrogen-bond donors (Lipinski definition) is 1. The molecule has 1 saturated heterocycles. The number of halogens is 1. The van der Waals surface area contributed by atoms with Gasteiger partial charge in [-0.2, -0.15) is 0 Å². The van der Waals surface area contributed by atoms with Crippen LogP contribution >= 0.6 is 11.6 Å². The number of nitrogens with one attached hydrogen (secondary N) is 1. The van der Waals surface area contributed by atoms with Gasteiger partial charge in [-0.25, -0.2) is 0 Å². The smallest absolute Gasteiger partial charge is 0.165 e. The molecule has 1 heterocycles. The van der Waals surface area contributed by atoms with Gasteiger partial charge >= 0.3 is 0 Å². The first-order valence-corrected chi connectivity index (χ1v) is 8.40. The molecule has 1 unspecified atom stereocenters. The SMILES string of the molecule is COc1cc(Cl)cc(C2CCCNC2)c1OC1CCCC1. The van der Waals surface area contributed by atoms with Crippen molar-refractivity contribution in [1.82, 2.24) is 5.32 Å². The van der Waals surface area contributed by atoms with Gasteiger partial charge < -0.3 is 14.8 Å². The van der Waals surface area contributed by atoms with Gasteiger partial charge in [-0.1, -0.05) is 11.6 Å². The van der Waals surface area contributed by atoms with Crippen LogP contribution in [0.25, 0.3) is 0 Å². The Bertz CT molecular complexity index is 480. The number of ether oxygens (including phenoxy) is 2. The second kappa shape index (κ2) is 6.89. The van der Waals surface area contributed by atoms with Crippen LogP contribution in [0.5, 0.6) is 11.5 Å². The molecule has 4 heteroatoms. The van der Waals surface area contributed by atoms with Gasteiger partial charge in [-0.15, -0.1) is 0 Å². The number of hydrogen-bond acceptors (Lipinski definition) is 3. The Morgan fingerprint density at radius 3 is 2.62 bits per heavy atom. The lowest BCUT2D eigenvalue weighted by Gasteiger charge is -2.27. The van der Waals surface area contributed by atoms with Crippen molar-refractivity contribution >= 4 is 11.6 Å².